The zero-order valence-corrected chi connectivity index (χ0v) is 28.3. The predicted octanol–water partition coefficient (Wildman–Crippen LogP) is 4.03. The Kier molecular flexibility index (Phi) is 8.26. The SMILES string of the molecule is CC1CC=C(Nc2cc(-c3ccnc(N4CCn5c(cc6c5CC(C)(C)C6)C4=O)c3CO)cn(C)c2=O)C=C2CN(CCC#N)CCN21. The largest absolute Gasteiger partial charge is 0.392 e. The highest BCUT2D eigenvalue weighted by atomic mass is 16.3. The molecule has 0 radical (unpaired) electrons. The summed E-state index contributed by atoms with van der Waals surface area (Å²) in [6.45, 7) is 10.9. The number of anilines is 2. The van der Waals surface area contributed by atoms with Gasteiger partial charge in [-0.25, -0.2) is 4.98 Å². The van der Waals surface area contributed by atoms with Crippen molar-refractivity contribution in [3.05, 3.63) is 87.0 Å². The fourth-order valence-corrected chi connectivity index (χ4v) is 7.93. The van der Waals surface area contributed by atoms with Gasteiger partial charge in [-0.3, -0.25) is 19.4 Å². The fraction of sp³-hybridized carbons (Fsp3) is 0.459. The Hall–Kier alpha value is -4.66. The number of nitrogens with one attached hydrogen (secondary N) is 1. The van der Waals surface area contributed by atoms with Crippen LogP contribution in [0.5, 0.6) is 0 Å². The third kappa shape index (κ3) is 5.73. The maximum absolute atomic E-state index is 13.9. The third-order valence-electron chi connectivity index (χ3n) is 10.3. The van der Waals surface area contributed by atoms with E-state index in [1.165, 1.54) is 17.0 Å². The van der Waals surface area contributed by atoms with Crippen molar-refractivity contribution in [1.82, 2.24) is 23.9 Å². The second-order valence-corrected chi connectivity index (χ2v) is 14.4. The quantitative estimate of drug-likeness (QED) is 0.394. The molecule has 0 saturated carbocycles. The van der Waals surface area contributed by atoms with Crippen molar-refractivity contribution in [2.45, 2.75) is 65.6 Å². The Labute approximate surface area is 281 Å². The van der Waals surface area contributed by atoms with Gasteiger partial charge in [-0.1, -0.05) is 19.9 Å². The number of aliphatic hydroxyl groups excluding tert-OH is 1. The number of rotatable bonds is 7. The Morgan fingerprint density at radius 1 is 1.15 bits per heavy atom. The van der Waals surface area contributed by atoms with Crippen LogP contribution >= 0.6 is 0 Å². The summed E-state index contributed by atoms with van der Waals surface area (Å²) in [6.07, 6.45) is 10.9. The van der Waals surface area contributed by atoms with Crippen LogP contribution in [0.1, 0.15) is 60.9 Å². The van der Waals surface area contributed by atoms with Crippen LogP contribution in [-0.2, 0) is 33.0 Å². The van der Waals surface area contributed by atoms with Crippen molar-refractivity contribution in [2.75, 3.05) is 42.9 Å². The zero-order chi connectivity index (χ0) is 33.7. The van der Waals surface area contributed by atoms with Crippen molar-refractivity contribution in [3.63, 3.8) is 0 Å². The maximum Gasteiger partial charge on any atom is 0.276 e. The Balaban J connectivity index is 1.19. The summed E-state index contributed by atoms with van der Waals surface area (Å²) in [7, 11) is 1.72. The topological polar surface area (TPSA) is 123 Å². The van der Waals surface area contributed by atoms with Crippen LogP contribution in [0.15, 0.2) is 58.9 Å². The molecule has 0 spiro atoms. The molecule has 1 amide bonds. The molecule has 48 heavy (non-hydrogen) atoms. The smallest absolute Gasteiger partial charge is 0.276 e. The number of amides is 1. The predicted molar refractivity (Wildman–Crippen MR) is 185 cm³/mol. The zero-order valence-electron chi connectivity index (χ0n) is 28.3. The van der Waals surface area contributed by atoms with Crippen LogP contribution in [0.25, 0.3) is 11.1 Å². The highest BCUT2D eigenvalue weighted by Crippen LogP contribution is 2.40. The van der Waals surface area contributed by atoms with Crippen LogP contribution in [0.4, 0.5) is 11.5 Å². The molecule has 4 aliphatic rings. The van der Waals surface area contributed by atoms with Gasteiger partial charge in [0.1, 0.15) is 17.2 Å². The fourth-order valence-electron chi connectivity index (χ4n) is 7.93. The van der Waals surface area contributed by atoms with E-state index in [1.54, 1.807) is 28.9 Å². The van der Waals surface area contributed by atoms with E-state index in [-0.39, 0.29) is 23.5 Å². The molecular formula is C37H44N8O3. The van der Waals surface area contributed by atoms with E-state index in [2.05, 4.69) is 63.7 Å². The summed E-state index contributed by atoms with van der Waals surface area (Å²) in [5.41, 5.74) is 7.66. The third-order valence-corrected chi connectivity index (χ3v) is 10.3. The number of aryl methyl sites for hydroxylation is 1. The number of nitriles is 1. The van der Waals surface area contributed by atoms with E-state index in [0.717, 1.165) is 56.7 Å². The molecule has 11 heteroatoms. The molecule has 1 atom stereocenters. The first-order valence-electron chi connectivity index (χ1n) is 16.9. The van der Waals surface area contributed by atoms with Gasteiger partial charge in [0.2, 0.25) is 0 Å². The second-order valence-electron chi connectivity index (χ2n) is 14.4. The molecule has 250 valence electrons. The normalized spacial score (nSPS) is 20.3. The van der Waals surface area contributed by atoms with E-state index in [9.17, 15) is 14.7 Å². The van der Waals surface area contributed by atoms with Gasteiger partial charge >= 0.3 is 0 Å². The summed E-state index contributed by atoms with van der Waals surface area (Å²) < 4.78 is 3.72. The van der Waals surface area contributed by atoms with Gasteiger partial charge in [-0.15, -0.1) is 0 Å². The lowest BCUT2D eigenvalue weighted by Gasteiger charge is -2.40. The monoisotopic (exact) mass is 648 g/mol. The summed E-state index contributed by atoms with van der Waals surface area (Å²) >= 11 is 0. The number of carbonyl (C=O) groups excluding carboxylic acids is 1. The highest BCUT2D eigenvalue weighted by molar-refractivity contribution is 6.06. The van der Waals surface area contributed by atoms with E-state index < -0.39 is 0 Å². The number of aromatic nitrogens is 3. The van der Waals surface area contributed by atoms with Crippen LogP contribution in [-0.4, -0.2) is 73.7 Å². The molecule has 1 unspecified atom stereocenters. The van der Waals surface area contributed by atoms with Gasteiger partial charge in [-0.05, 0) is 67.0 Å². The van der Waals surface area contributed by atoms with Crippen LogP contribution in [0.3, 0.4) is 0 Å². The number of piperazine rings is 1. The van der Waals surface area contributed by atoms with Crippen LogP contribution < -0.4 is 15.8 Å². The summed E-state index contributed by atoms with van der Waals surface area (Å²) in [6, 6.07) is 8.26. The van der Waals surface area contributed by atoms with E-state index in [4.69, 9.17) is 5.26 Å². The minimum Gasteiger partial charge on any atom is -0.392 e. The molecule has 6 heterocycles. The van der Waals surface area contributed by atoms with Gasteiger partial charge in [0.15, 0.2) is 0 Å². The molecule has 7 rings (SSSR count). The van der Waals surface area contributed by atoms with Crippen molar-refractivity contribution in [2.24, 2.45) is 12.5 Å². The van der Waals surface area contributed by atoms with Crippen molar-refractivity contribution < 1.29 is 9.90 Å². The molecule has 3 aromatic rings. The molecule has 3 aromatic heterocycles. The van der Waals surface area contributed by atoms with Gasteiger partial charge in [0.25, 0.3) is 11.5 Å². The number of hydrogen-bond donors (Lipinski definition) is 2. The molecule has 1 saturated heterocycles. The molecule has 1 aliphatic carbocycles. The second kappa shape index (κ2) is 12.4. The van der Waals surface area contributed by atoms with E-state index in [0.29, 0.717) is 53.9 Å². The Bertz CT molecular complexity index is 1940. The molecule has 11 nitrogen and oxygen atoms in total. The number of carbonyl (C=O) groups is 1. The summed E-state index contributed by atoms with van der Waals surface area (Å²) in [4.78, 5) is 38.4. The first kappa shape index (κ1) is 31.9. The van der Waals surface area contributed by atoms with Gasteiger partial charge < -0.3 is 24.5 Å². The lowest BCUT2D eigenvalue weighted by molar-refractivity contribution is 0.0962. The van der Waals surface area contributed by atoms with Crippen molar-refractivity contribution >= 4 is 17.4 Å². The number of nitrogens with zero attached hydrogens (tertiary/aromatic N) is 7. The molecule has 0 bridgehead atoms. The van der Waals surface area contributed by atoms with Crippen molar-refractivity contribution in [1.29, 1.82) is 5.26 Å². The maximum atomic E-state index is 13.9. The Morgan fingerprint density at radius 3 is 2.77 bits per heavy atom. The first-order chi connectivity index (χ1) is 23.1. The Morgan fingerprint density at radius 2 is 1.98 bits per heavy atom. The molecule has 2 N–H and O–H groups in total. The minimum atomic E-state index is -0.313. The van der Waals surface area contributed by atoms with Gasteiger partial charge in [-0.2, -0.15) is 5.26 Å². The van der Waals surface area contributed by atoms with Crippen molar-refractivity contribution in [3.8, 4) is 17.2 Å². The summed E-state index contributed by atoms with van der Waals surface area (Å²) in [5, 5.41) is 23.2. The average molecular weight is 649 g/mol. The van der Waals surface area contributed by atoms with Gasteiger partial charge in [0, 0.05) is 99.4 Å². The van der Waals surface area contributed by atoms with Crippen LogP contribution in [0.2, 0.25) is 0 Å². The first-order valence-corrected chi connectivity index (χ1v) is 16.9. The van der Waals surface area contributed by atoms with E-state index >= 15 is 0 Å². The number of fused-ring (bicyclic) bond motifs is 4. The lowest BCUT2D eigenvalue weighted by Crippen LogP contribution is -2.47. The van der Waals surface area contributed by atoms with E-state index in [1.807, 2.05) is 18.2 Å². The van der Waals surface area contributed by atoms with Gasteiger partial charge in [0.05, 0.1) is 12.7 Å². The minimum absolute atomic E-state index is 0.110. The number of hydrogen-bond acceptors (Lipinski definition) is 8. The van der Waals surface area contributed by atoms with Crippen LogP contribution in [0, 0.1) is 16.7 Å². The average Bonchev–Trinajstić information content (AvgIpc) is 3.50. The summed E-state index contributed by atoms with van der Waals surface area (Å²) in [5.74, 6) is 0.334. The number of aliphatic hydroxyl groups is 1. The highest BCUT2D eigenvalue weighted by Gasteiger charge is 2.37. The molecular weight excluding hydrogens is 604 g/mol. The molecule has 3 aliphatic heterocycles. The molecule has 1 fully saturated rings. The molecule has 0 aromatic carbocycles. The number of allylic oxidation sites excluding steroid dienone is 1. The standard InChI is InChI=1S/C37H44N8O3/c1-24-6-7-27(18-28-22-42(11-5-9-38)12-13-43(24)28)40-31-16-26(21-41(4)35(31)47)29-8-10-39-34(30(29)23-46)45-15-14-44-32(36(45)48)17-25-19-37(2,3)20-33(25)44/h7-8,10,16-18,21,24,40,46H,5-6,11-15,19-20,22-23H2,1-4H3. The lowest BCUT2D eigenvalue weighted by atomic mass is 9.90. The number of pyridine rings is 2.